The molecule has 1 aromatic carbocycles. The van der Waals surface area contributed by atoms with Gasteiger partial charge in [-0.15, -0.1) is 11.3 Å². The van der Waals surface area contributed by atoms with E-state index in [0.29, 0.717) is 6.54 Å². The number of carbonyl (C=O) groups is 1. The van der Waals surface area contributed by atoms with Crippen molar-refractivity contribution in [2.45, 2.75) is 13.1 Å². The van der Waals surface area contributed by atoms with Gasteiger partial charge in [-0.3, -0.25) is 4.79 Å². The summed E-state index contributed by atoms with van der Waals surface area (Å²) in [5.41, 5.74) is 2.49. The number of amides is 1. The van der Waals surface area contributed by atoms with Crippen LogP contribution in [0.5, 0.6) is 0 Å². The topological polar surface area (TPSA) is 42.8 Å². The number of thiophene rings is 1. The number of nitrogens with one attached hydrogen (secondary N) is 2. The summed E-state index contributed by atoms with van der Waals surface area (Å²) >= 11 is 1.62. The lowest BCUT2D eigenvalue weighted by Gasteiger charge is -2.24. The van der Waals surface area contributed by atoms with E-state index in [4.69, 9.17) is 4.74 Å². The molecule has 0 radical (unpaired) electrons. The molecule has 5 heteroatoms. The summed E-state index contributed by atoms with van der Waals surface area (Å²) in [6, 6.07) is 12.3. The van der Waals surface area contributed by atoms with E-state index in [1.807, 2.05) is 29.7 Å². The predicted molar refractivity (Wildman–Crippen MR) is 96.9 cm³/mol. The molecule has 4 nitrogen and oxygen atoms in total. The quantitative estimate of drug-likeness (QED) is 0.781. The van der Waals surface area contributed by atoms with Crippen molar-refractivity contribution < 1.29 is 14.4 Å². The van der Waals surface area contributed by atoms with Gasteiger partial charge >= 0.3 is 0 Å². The summed E-state index contributed by atoms with van der Waals surface area (Å²) in [6.45, 7) is 5.31. The average Bonchev–Trinajstić information content (AvgIpc) is 3.14. The third-order valence-corrected chi connectivity index (χ3v) is 4.99. The molecule has 1 fully saturated rings. The van der Waals surface area contributed by atoms with Gasteiger partial charge in [0.25, 0.3) is 0 Å². The van der Waals surface area contributed by atoms with Gasteiger partial charge in [-0.25, -0.2) is 0 Å². The Morgan fingerprint density at radius 3 is 2.71 bits per heavy atom. The van der Waals surface area contributed by atoms with Gasteiger partial charge < -0.3 is 15.0 Å². The van der Waals surface area contributed by atoms with Gasteiger partial charge in [0.2, 0.25) is 5.91 Å². The zero-order valence-electron chi connectivity index (χ0n) is 13.7. The second-order valence-corrected chi connectivity index (χ2v) is 6.85. The van der Waals surface area contributed by atoms with Crippen LogP contribution in [0.4, 0.5) is 0 Å². The van der Waals surface area contributed by atoms with Crippen LogP contribution in [0.1, 0.15) is 16.0 Å². The highest BCUT2D eigenvalue weighted by molar-refractivity contribution is 7.10. The molecule has 1 amide bonds. The first-order chi connectivity index (χ1) is 11.8. The number of carbonyl (C=O) groups excluding carboxylic acids is 1. The smallest absolute Gasteiger partial charge is 0.244 e. The first-order valence-electron chi connectivity index (χ1n) is 8.29. The molecule has 1 saturated heterocycles. The van der Waals surface area contributed by atoms with Crippen LogP contribution in [0.2, 0.25) is 0 Å². The average molecular weight is 343 g/mol. The normalized spacial score (nSPS) is 15.7. The Balaban J connectivity index is 1.55. The molecule has 1 aliphatic rings. The molecule has 0 bridgehead atoms. The largest absolute Gasteiger partial charge is 0.370 e. The van der Waals surface area contributed by atoms with Crippen molar-refractivity contribution in [3.63, 3.8) is 0 Å². The Bertz CT molecular complexity index is 676. The van der Waals surface area contributed by atoms with Crippen molar-refractivity contribution in [1.82, 2.24) is 5.32 Å². The highest BCUT2D eigenvalue weighted by atomic mass is 32.1. The van der Waals surface area contributed by atoms with E-state index in [0.717, 1.165) is 37.7 Å². The fourth-order valence-corrected chi connectivity index (χ4v) is 3.41. The van der Waals surface area contributed by atoms with Gasteiger partial charge in [-0.1, -0.05) is 30.3 Å². The van der Waals surface area contributed by atoms with Crippen molar-refractivity contribution in [2.24, 2.45) is 0 Å². The maximum absolute atomic E-state index is 12.0. The molecule has 0 spiro atoms. The molecule has 3 rings (SSSR count). The lowest BCUT2D eigenvalue weighted by Crippen LogP contribution is -3.12. The van der Waals surface area contributed by atoms with Crippen LogP contribution < -0.4 is 10.2 Å². The van der Waals surface area contributed by atoms with E-state index in [1.54, 1.807) is 17.4 Å². The number of quaternary nitrogens is 1. The molecule has 126 valence electrons. The Morgan fingerprint density at radius 2 is 1.96 bits per heavy atom. The standard InChI is InChI=1S/C19H22N2O2S/c22-19(8-7-18-6-3-13-24-18)20-14-16-4-1-2-5-17(16)15-21-9-11-23-12-10-21/h1-8,13H,9-12,14-15H2,(H,20,22)/p+1/b8-7+. The maximum atomic E-state index is 12.0. The van der Waals surface area contributed by atoms with Crippen LogP contribution in [0.3, 0.4) is 0 Å². The fraction of sp³-hybridized carbons (Fsp3) is 0.316. The third-order valence-electron chi connectivity index (χ3n) is 4.15. The lowest BCUT2D eigenvalue weighted by atomic mass is 10.1. The molecular weight excluding hydrogens is 320 g/mol. The van der Waals surface area contributed by atoms with Crippen molar-refractivity contribution in [3.8, 4) is 0 Å². The van der Waals surface area contributed by atoms with Crippen LogP contribution in [0.15, 0.2) is 47.9 Å². The Hall–Kier alpha value is -1.95. The SMILES string of the molecule is O=C(/C=C/c1cccs1)NCc1ccccc1C[NH+]1CCOCC1. The second-order valence-electron chi connectivity index (χ2n) is 5.87. The molecule has 0 atom stereocenters. The number of rotatable bonds is 6. The van der Waals surface area contributed by atoms with E-state index in [-0.39, 0.29) is 5.91 Å². The zero-order valence-corrected chi connectivity index (χ0v) is 14.5. The molecule has 0 aliphatic carbocycles. The lowest BCUT2D eigenvalue weighted by molar-refractivity contribution is -0.921. The number of morpholine rings is 1. The molecule has 2 N–H and O–H groups in total. The highest BCUT2D eigenvalue weighted by Crippen LogP contribution is 2.10. The monoisotopic (exact) mass is 343 g/mol. The van der Waals surface area contributed by atoms with Crippen molar-refractivity contribution >= 4 is 23.3 Å². The van der Waals surface area contributed by atoms with Crippen LogP contribution in [0.25, 0.3) is 6.08 Å². The van der Waals surface area contributed by atoms with Crippen LogP contribution in [-0.2, 0) is 22.6 Å². The maximum Gasteiger partial charge on any atom is 0.244 e. The zero-order chi connectivity index (χ0) is 16.6. The molecule has 1 aliphatic heterocycles. The summed E-state index contributed by atoms with van der Waals surface area (Å²) in [5.74, 6) is -0.0584. The minimum atomic E-state index is -0.0584. The number of ether oxygens (including phenoxy) is 1. The second kappa shape index (κ2) is 8.78. The van der Waals surface area contributed by atoms with Crippen molar-refractivity contribution in [3.05, 3.63) is 63.9 Å². The predicted octanol–water partition coefficient (Wildman–Crippen LogP) is 1.49. The molecular formula is C19H23N2O2S+. The molecule has 0 saturated carbocycles. The van der Waals surface area contributed by atoms with Gasteiger partial charge in [0.15, 0.2) is 0 Å². The number of hydrogen-bond acceptors (Lipinski definition) is 3. The van der Waals surface area contributed by atoms with Gasteiger partial charge in [0.1, 0.15) is 19.6 Å². The fourth-order valence-electron chi connectivity index (χ4n) is 2.79. The minimum absolute atomic E-state index is 0.0584. The summed E-state index contributed by atoms with van der Waals surface area (Å²) in [5, 5.41) is 4.99. The molecule has 24 heavy (non-hydrogen) atoms. The Kier molecular flexibility index (Phi) is 6.18. The first kappa shape index (κ1) is 16.9. The highest BCUT2D eigenvalue weighted by Gasteiger charge is 2.15. The summed E-state index contributed by atoms with van der Waals surface area (Å²) in [7, 11) is 0. The van der Waals surface area contributed by atoms with Crippen molar-refractivity contribution in [2.75, 3.05) is 26.3 Å². The summed E-state index contributed by atoms with van der Waals surface area (Å²) < 4.78 is 5.42. The van der Waals surface area contributed by atoms with E-state index < -0.39 is 0 Å². The Morgan fingerprint density at radius 1 is 1.17 bits per heavy atom. The third kappa shape index (κ3) is 5.03. The van der Waals surface area contributed by atoms with E-state index in [1.165, 1.54) is 16.0 Å². The Labute approximate surface area is 146 Å². The van der Waals surface area contributed by atoms with Gasteiger partial charge in [0, 0.05) is 23.1 Å². The van der Waals surface area contributed by atoms with Gasteiger partial charge in [-0.05, 0) is 23.1 Å². The molecule has 2 heterocycles. The molecule has 1 aromatic heterocycles. The van der Waals surface area contributed by atoms with Crippen LogP contribution in [-0.4, -0.2) is 32.2 Å². The molecule has 0 unspecified atom stereocenters. The molecule has 2 aromatic rings. The van der Waals surface area contributed by atoms with E-state index >= 15 is 0 Å². The summed E-state index contributed by atoms with van der Waals surface area (Å²) in [6.07, 6.45) is 3.45. The van der Waals surface area contributed by atoms with E-state index in [9.17, 15) is 4.79 Å². The first-order valence-corrected chi connectivity index (χ1v) is 9.17. The van der Waals surface area contributed by atoms with Crippen LogP contribution >= 0.6 is 11.3 Å². The number of hydrogen-bond donors (Lipinski definition) is 2. The van der Waals surface area contributed by atoms with Gasteiger partial charge in [0.05, 0.1) is 13.2 Å². The van der Waals surface area contributed by atoms with Crippen molar-refractivity contribution in [1.29, 1.82) is 0 Å². The number of benzene rings is 1. The summed E-state index contributed by atoms with van der Waals surface area (Å²) in [4.78, 5) is 14.6. The van der Waals surface area contributed by atoms with E-state index in [2.05, 4.69) is 23.5 Å². The minimum Gasteiger partial charge on any atom is -0.370 e. The van der Waals surface area contributed by atoms with Gasteiger partial charge in [-0.2, -0.15) is 0 Å². The van der Waals surface area contributed by atoms with Crippen LogP contribution in [0, 0.1) is 0 Å².